The number of H-pyrrole nitrogens is 2. The molecular weight excluding hydrogens is 350 g/mol. The zero-order chi connectivity index (χ0) is 20.6. The van der Waals surface area contributed by atoms with Crippen LogP contribution in [0.15, 0.2) is 24.3 Å². The Balaban J connectivity index is 2.26. The van der Waals surface area contributed by atoms with Crippen molar-refractivity contribution in [2.24, 2.45) is 0 Å². The molecule has 0 fully saturated rings. The highest BCUT2D eigenvalue weighted by molar-refractivity contribution is 5.77. The number of hydrogen-bond acceptors (Lipinski definition) is 3. The summed E-state index contributed by atoms with van der Waals surface area (Å²) < 4.78 is 0. The maximum absolute atomic E-state index is 11.5. The first-order valence-corrected chi connectivity index (χ1v) is 9.35. The van der Waals surface area contributed by atoms with Gasteiger partial charge in [0.2, 0.25) is 0 Å². The molecule has 1 aromatic carbocycles. The molecule has 5 heteroatoms. The highest BCUT2D eigenvalue weighted by Crippen LogP contribution is 2.37. The van der Waals surface area contributed by atoms with Gasteiger partial charge in [-0.15, -0.1) is 0 Å². The van der Waals surface area contributed by atoms with Crippen LogP contribution in [0, 0.1) is 27.7 Å². The number of hydrogen-bond donors (Lipinski definition) is 2. The van der Waals surface area contributed by atoms with E-state index in [1.54, 1.807) is 0 Å². The summed E-state index contributed by atoms with van der Waals surface area (Å²) >= 11 is 0. The van der Waals surface area contributed by atoms with E-state index in [1.807, 2.05) is 41.8 Å². The minimum absolute atomic E-state index is 0.129. The molecular formula is C23H27N3O2. The normalized spacial score (nSPS) is 11.1. The monoisotopic (exact) mass is 377 g/mol. The second-order valence-electron chi connectivity index (χ2n) is 7.56. The van der Waals surface area contributed by atoms with Crippen LogP contribution >= 0.6 is 0 Å². The number of anilines is 1. The van der Waals surface area contributed by atoms with Gasteiger partial charge >= 0.3 is 0 Å². The SMILES string of the molecule is Cc1c(C=O)[nH]c(C(c2ccc(N(C)C)cc2)c2[nH]c(C=O)c(C)c2C)c1C. The average Bonchev–Trinajstić information content (AvgIpc) is 3.14. The summed E-state index contributed by atoms with van der Waals surface area (Å²) in [4.78, 5) is 31.7. The molecule has 3 rings (SSSR count). The van der Waals surface area contributed by atoms with E-state index in [-0.39, 0.29) is 5.92 Å². The van der Waals surface area contributed by atoms with E-state index in [4.69, 9.17) is 0 Å². The van der Waals surface area contributed by atoms with Gasteiger partial charge in [0.05, 0.1) is 17.3 Å². The molecule has 28 heavy (non-hydrogen) atoms. The van der Waals surface area contributed by atoms with Gasteiger partial charge < -0.3 is 14.9 Å². The first-order chi connectivity index (χ1) is 13.3. The lowest BCUT2D eigenvalue weighted by atomic mass is 9.88. The van der Waals surface area contributed by atoms with Crippen molar-refractivity contribution in [1.29, 1.82) is 0 Å². The Labute approximate surface area is 165 Å². The van der Waals surface area contributed by atoms with Crippen molar-refractivity contribution in [1.82, 2.24) is 9.97 Å². The first kappa shape index (κ1) is 19.7. The van der Waals surface area contributed by atoms with Gasteiger partial charge in [0.1, 0.15) is 0 Å². The predicted octanol–water partition coefficient (Wildman–Crippen LogP) is 4.45. The van der Waals surface area contributed by atoms with Gasteiger partial charge in [-0.25, -0.2) is 0 Å². The second kappa shape index (κ2) is 7.50. The summed E-state index contributed by atoms with van der Waals surface area (Å²) in [5.41, 5.74) is 9.37. The number of nitrogens with one attached hydrogen (secondary N) is 2. The number of carbonyl (C=O) groups is 2. The lowest BCUT2D eigenvalue weighted by Crippen LogP contribution is -2.10. The topological polar surface area (TPSA) is 69.0 Å². The molecule has 0 bridgehead atoms. The summed E-state index contributed by atoms with van der Waals surface area (Å²) in [6, 6.07) is 8.37. The molecule has 146 valence electrons. The number of aldehydes is 2. The fourth-order valence-electron chi connectivity index (χ4n) is 3.73. The standard InChI is InChI=1S/C23H27N3O2/c1-13-15(3)22(24-19(13)11-27)21(17-7-9-18(10-8-17)26(5)6)23-16(4)14(2)20(12-28)25-23/h7-12,21,24-25H,1-6H3. The molecule has 0 amide bonds. The molecule has 0 radical (unpaired) electrons. The molecule has 3 aromatic rings. The quantitative estimate of drug-likeness (QED) is 0.624. The summed E-state index contributed by atoms with van der Waals surface area (Å²) in [7, 11) is 4.02. The van der Waals surface area contributed by atoms with Crippen LogP contribution in [0.3, 0.4) is 0 Å². The third kappa shape index (κ3) is 3.17. The first-order valence-electron chi connectivity index (χ1n) is 9.35. The van der Waals surface area contributed by atoms with Crippen molar-refractivity contribution in [2.45, 2.75) is 33.6 Å². The van der Waals surface area contributed by atoms with E-state index in [0.717, 1.165) is 57.5 Å². The van der Waals surface area contributed by atoms with E-state index in [2.05, 4.69) is 39.1 Å². The minimum atomic E-state index is -0.129. The molecule has 0 aliphatic rings. The largest absolute Gasteiger partial charge is 0.378 e. The Hall–Kier alpha value is -3.08. The van der Waals surface area contributed by atoms with Gasteiger partial charge in [-0.05, 0) is 67.6 Å². The lowest BCUT2D eigenvalue weighted by molar-refractivity contribution is 0.111. The fraction of sp³-hybridized carbons (Fsp3) is 0.304. The Morgan fingerprint density at radius 2 is 1.18 bits per heavy atom. The Bertz CT molecular complexity index is 965. The van der Waals surface area contributed by atoms with Gasteiger partial charge in [-0.1, -0.05) is 12.1 Å². The molecule has 0 saturated carbocycles. The number of aromatic amines is 2. The molecule has 0 unspecified atom stereocenters. The van der Waals surface area contributed by atoms with Crippen molar-refractivity contribution in [3.05, 3.63) is 74.9 Å². The molecule has 0 spiro atoms. The highest BCUT2D eigenvalue weighted by Gasteiger charge is 2.27. The van der Waals surface area contributed by atoms with Crippen LogP contribution in [0.5, 0.6) is 0 Å². The third-order valence-corrected chi connectivity index (χ3v) is 5.84. The van der Waals surface area contributed by atoms with Crippen LogP contribution in [-0.4, -0.2) is 36.6 Å². The number of rotatable bonds is 6. The summed E-state index contributed by atoms with van der Waals surface area (Å²) in [5.74, 6) is -0.129. The zero-order valence-corrected chi connectivity index (χ0v) is 17.3. The number of nitrogens with zero attached hydrogens (tertiary/aromatic N) is 1. The highest BCUT2D eigenvalue weighted by atomic mass is 16.1. The fourth-order valence-corrected chi connectivity index (χ4v) is 3.73. The van der Waals surface area contributed by atoms with E-state index < -0.39 is 0 Å². The number of benzene rings is 1. The molecule has 0 saturated heterocycles. The molecule has 5 nitrogen and oxygen atoms in total. The van der Waals surface area contributed by atoms with Gasteiger partial charge in [-0.2, -0.15) is 0 Å². The van der Waals surface area contributed by atoms with Crippen LogP contribution in [0.25, 0.3) is 0 Å². The molecule has 2 aromatic heterocycles. The Morgan fingerprint density at radius 3 is 1.50 bits per heavy atom. The van der Waals surface area contributed by atoms with Gasteiger partial charge in [0.15, 0.2) is 12.6 Å². The van der Waals surface area contributed by atoms with Crippen molar-refractivity contribution in [3.8, 4) is 0 Å². The zero-order valence-electron chi connectivity index (χ0n) is 17.3. The van der Waals surface area contributed by atoms with Crippen LogP contribution in [0.2, 0.25) is 0 Å². The minimum Gasteiger partial charge on any atom is -0.378 e. The molecule has 2 N–H and O–H groups in total. The Kier molecular flexibility index (Phi) is 5.27. The van der Waals surface area contributed by atoms with Gasteiger partial charge in [0, 0.05) is 31.2 Å². The number of carbonyl (C=O) groups excluding carboxylic acids is 2. The lowest BCUT2D eigenvalue weighted by Gasteiger charge is -2.20. The van der Waals surface area contributed by atoms with E-state index in [1.165, 1.54) is 0 Å². The van der Waals surface area contributed by atoms with E-state index >= 15 is 0 Å². The molecule has 0 atom stereocenters. The summed E-state index contributed by atoms with van der Waals surface area (Å²) in [6.45, 7) is 7.96. The summed E-state index contributed by atoms with van der Waals surface area (Å²) in [6.07, 6.45) is 1.73. The van der Waals surface area contributed by atoms with Crippen molar-refractivity contribution in [2.75, 3.05) is 19.0 Å². The Morgan fingerprint density at radius 1 is 0.750 bits per heavy atom. The van der Waals surface area contributed by atoms with Gasteiger partial charge in [-0.3, -0.25) is 9.59 Å². The number of aromatic nitrogens is 2. The summed E-state index contributed by atoms with van der Waals surface area (Å²) in [5, 5.41) is 0. The molecule has 0 aliphatic heterocycles. The maximum Gasteiger partial charge on any atom is 0.166 e. The van der Waals surface area contributed by atoms with Crippen LogP contribution in [0.1, 0.15) is 66.1 Å². The van der Waals surface area contributed by atoms with Crippen LogP contribution in [-0.2, 0) is 0 Å². The van der Waals surface area contributed by atoms with Crippen molar-refractivity contribution in [3.63, 3.8) is 0 Å². The van der Waals surface area contributed by atoms with Crippen molar-refractivity contribution >= 4 is 18.3 Å². The van der Waals surface area contributed by atoms with Crippen molar-refractivity contribution < 1.29 is 9.59 Å². The average molecular weight is 377 g/mol. The van der Waals surface area contributed by atoms with Crippen LogP contribution < -0.4 is 4.90 Å². The predicted molar refractivity (Wildman–Crippen MR) is 113 cm³/mol. The van der Waals surface area contributed by atoms with Crippen LogP contribution in [0.4, 0.5) is 5.69 Å². The maximum atomic E-state index is 11.5. The second-order valence-corrected chi connectivity index (χ2v) is 7.56. The van der Waals surface area contributed by atoms with E-state index in [0.29, 0.717) is 11.4 Å². The molecule has 2 heterocycles. The smallest absolute Gasteiger partial charge is 0.166 e. The third-order valence-electron chi connectivity index (χ3n) is 5.84. The van der Waals surface area contributed by atoms with E-state index in [9.17, 15) is 9.59 Å². The molecule has 0 aliphatic carbocycles. The van der Waals surface area contributed by atoms with Gasteiger partial charge in [0.25, 0.3) is 0 Å².